The van der Waals surface area contributed by atoms with Crippen molar-refractivity contribution in [3.8, 4) is 5.75 Å². The van der Waals surface area contributed by atoms with Crippen LogP contribution >= 0.6 is 0 Å². The molecule has 0 fully saturated rings. The molecule has 1 spiro atoms. The molecular weight excluding hydrogens is 220 g/mol. The molecule has 1 aliphatic carbocycles. The van der Waals surface area contributed by atoms with Crippen molar-refractivity contribution < 1.29 is 14.3 Å². The normalized spacial score (nSPS) is 25.7. The van der Waals surface area contributed by atoms with Crippen molar-refractivity contribution in [3.63, 3.8) is 0 Å². The van der Waals surface area contributed by atoms with Crippen molar-refractivity contribution >= 4 is 11.9 Å². The fraction of sp³-hybridized carbons (Fsp3) is 0.333. The number of amidine groups is 1. The second-order valence-electron chi connectivity index (χ2n) is 4.34. The molecule has 0 bridgehead atoms. The first-order chi connectivity index (χ1) is 8.13. The molecule has 3 rings (SSSR count). The van der Waals surface area contributed by atoms with Crippen LogP contribution in [0.25, 0.3) is 0 Å². The Kier molecular flexibility index (Phi) is 1.92. The summed E-state index contributed by atoms with van der Waals surface area (Å²) in [6.07, 6.45) is 1.03. The van der Waals surface area contributed by atoms with Gasteiger partial charge in [-0.05, 0) is 23.3 Å². The van der Waals surface area contributed by atoms with E-state index in [4.69, 9.17) is 15.2 Å². The number of nitrogens with two attached hydrogens (primary N) is 1. The molecule has 5 heteroatoms. The third-order valence-electron chi connectivity index (χ3n) is 3.27. The topological polar surface area (TPSA) is 73.9 Å². The molecule has 0 aromatic heterocycles. The van der Waals surface area contributed by atoms with Gasteiger partial charge < -0.3 is 15.2 Å². The molecule has 1 aromatic rings. The molecule has 1 aliphatic heterocycles. The first-order valence-corrected chi connectivity index (χ1v) is 5.36. The lowest BCUT2D eigenvalue weighted by Crippen LogP contribution is -2.39. The van der Waals surface area contributed by atoms with Crippen LogP contribution in [0.15, 0.2) is 23.2 Å². The van der Waals surface area contributed by atoms with Crippen LogP contribution in [0.5, 0.6) is 5.75 Å². The van der Waals surface area contributed by atoms with Crippen molar-refractivity contribution in [2.45, 2.75) is 18.4 Å². The summed E-state index contributed by atoms with van der Waals surface area (Å²) in [4.78, 5) is 15.5. The lowest BCUT2D eigenvalue weighted by Gasteiger charge is -2.18. The van der Waals surface area contributed by atoms with Crippen LogP contribution in [0.1, 0.15) is 11.1 Å². The number of aliphatic imine (C=N–C) groups is 1. The molecule has 17 heavy (non-hydrogen) atoms. The van der Waals surface area contributed by atoms with E-state index in [0.717, 1.165) is 16.9 Å². The van der Waals surface area contributed by atoms with Crippen molar-refractivity contribution in [2.24, 2.45) is 10.7 Å². The molecule has 0 unspecified atom stereocenters. The van der Waals surface area contributed by atoms with Crippen molar-refractivity contribution in [1.29, 1.82) is 0 Å². The van der Waals surface area contributed by atoms with Gasteiger partial charge in [0.05, 0.1) is 7.11 Å². The molecule has 2 N–H and O–H groups in total. The highest BCUT2D eigenvalue weighted by Gasteiger charge is 2.50. The Morgan fingerprint density at radius 1 is 1.41 bits per heavy atom. The molecule has 1 atom stereocenters. The highest BCUT2D eigenvalue weighted by Crippen LogP contribution is 2.37. The van der Waals surface area contributed by atoms with Gasteiger partial charge in [0.2, 0.25) is 5.60 Å². The molecule has 1 heterocycles. The van der Waals surface area contributed by atoms with Crippen LogP contribution in [0.2, 0.25) is 0 Å². The number of fused-ring (bicyclic) bond motifs is 1. The van der Waals surface area contributed by atoms with Crippen LogP contribution in [-0.4, -0.2) is 24.6 Å². The molecule has 88 valence electrons. The quantitative estimate of drug-likeness (QED) is 0.760. The van der Waals surface area contributed by atoms with E-state index >= 15 is 0 Å². The Labute approximate surface area is 98.2 Å². The lowest BCUT2D eigenvalue weighted by atomic mass is 10.0. The fourth-order valence-electron chi connectivity index (χ4n) is 2.44. The van der Waals surface area contributed by atoms with E-state index in [1.807, 2.05) is 18.2 Å². The first kappa shape index (κ1) is 10.1. The molecular formula is C12H12N2O3. The SMILES string of the molecule is COc1ccc2c(c1)C[C@]1(C2)OC(N)=NC1=O. The van der Waals surface area contributed by atoms with Crippen LogP contribution in [-0.2, 0) is 22.4 Å². The van der Waals surface area contributed by atoms with Crippen molar-refractivity contribution in [2.75, 3.05) is 7.11 Å². The van der Waals surface area contributed by atoms with Crippen LogP contribution in [0.3, 0.4) is 0 Å². The Hall–Kier alpha value is -2.04. The highest BCUT2D eigenvalue weighted by molar-refractivity contribution is 6.01. The maximum absolute atomic E-state index is 11.8. The number of hydrogen-bond donors (Lipinski definition) is 1. The number of methoxy groups -OCH3 is 1. The monoisotopic (exact) mass is 232 g/mol. The molecule has 1 amide bonds. The number of hydrogen-bond acceptors (Lipinski definition) is 4. The minimum atomic E-state index is -0.904. The number of ether oxygens (including phenoxy) is 2. The largest absolute Gasteiger partial charge is 0.497 e. The number of nitrogens with zero attached hydrogens (tertiary/aromatic N) is 1. The standard InChI is InChI=1S/C12H12N2O3/c1-16-9-3-2-7-5-12(6-8(7)4-9)10(15)14-11(13)17-12/h2-4H,5-6H2,1H3,(H2,13,14,15)/t12-/m0/s1. The zero-order valence-corrected chi connectivity index (χ0v) is 9.40. The van der Waals surface area contributed by atoms with E-state index < -0.39 is 5.60 Å². The average molecular weight is 232 g/mol. The number of rotatable bonds is 1. The van der Waals surface area contributed by atoms with Crippen molar-refractivity contribution in [3.05, 3.63) is 29.3 Å². The summed E-state index contributed by atoms with van der Waals surface area (Å²) in [6.45, 7) is 0. The second-order valence-corrected chi connectivity index (χ2v) is 4.34. The van der Waals surface area contributed by atoms with Gasteiger partial charge in [0.25, 0.3) is 11.9 Å². The minimum absolute atomic E-state index is 0.0326. The van der Waals surface area contributed by atoms with E-state index in [1.54, 1.807) is 7.11 Å². The van der Waals surface area contributed by atoms with Gasteiger partial charge in [0.15, 0.2) is 0 Å². The van der Waals surface area contributed by atoms with Gasteiger partial charge >= 0.3 is 0 Å². The Morgan fingerprint density at radius 2 is 2.18 bits per heavy atom. The van der Waals surface area contributed by atoms with E-state index in [-0.39, 0.29) is 11.9 Å². The summed E-state index contributed by atoms with van der Waals surface area (Å²) in [5, 5.41) is 0. The van der Waals surface area contributed by atoms with E-state index in [0.29, 0.717) is 12.8 Å². The third kappa shape index (κ3) is 1.39. The summed E-state index contributed by atoms with van der Waals surface area (Å²) >= 11 is 0. The smallest absolute Gasteiger partial charge is 0.295 e. The van der Waals surface area contributed by atoms with Crippen LogP contribution in [0.4, 0.5) is 0 Å². The maximum atomic E-state index is 11.8. The van der Waals surface area contributed by atoms with E-state index in [1.165, 1.54) is 0 Å². The van der Waals surface area contributed by atoms with Gasteiger partial charge in [-0.1, -0.05) is 6.07 Å². The van der Waals surface area contributed by atoms with Gasteiger partial charge in [0, 0.05) is 12.8 Å². The number of amides is 1. The number of carbonyl (C=O) groups is 1. The maximum Gasteiger partial charge on any atom is 0.295 e. The van der Waals surface area contributed by atoms with Crippen molar-refractivity contribution in [1.82, 2.24) is 0 Å². The molecule has 1 aromatic carbocycles. The van der Waals surface area contributed by atoms with E-state index in [2.05, 4.69) is 4.99 Å². The van der Waals surface area contributed by atoms with Crippen LogP contribution in [0, 0.1) is 0 Å². The lowest BCUT2D eigenvalue weighted by molar-refractivity contribution is -0.130. The Balaban J connectivity index is 1.96. The molecule has 0 radical (unpaired) electrons. The highest BCUT2D eigenvalue weighted by atomic mass is 16.5. The predicted molar refractivity (Wildman–Crippen MR) is 60.8 cm³/mol. The minimum Gasteiger partial charge on any atom is -0.497 e. The summed E-state index contributed by atoms with van der Waals surface area (Å²) < 4.78 is 10.6. The zero-order chi connectivity index (χ0) is 12.0. The van der Waals surface area contributed by atoms with Gasteiger partial charge in [-0.25, -0.2) is 0 Å². The average Bonchev–Trinajstić information content (AvgIpc) is 2.78. The summed E-state index contributed by atoms with van der Waals surface area (Å²) in [6, 6.07) is 5.72. The predicted octanol–water partition coefficient (Wildman–Crippen LogP) is 0.404. The Morgan fingerprint density at radius 3 is 2.82 bits per heavy atom. The molecule has 5 nitrogen and oxygen atoms in total. The van der Waals surface area contributed by atoms with E-state index in [9.17, 15) is 4.79 Å². The van der Waals surface area contributed by atoms with Gasteiger partial charge in [-0.3, -0.25) is 4.79 Å². The number of benzene rings is 1. The summed E-state index contributed by atoms with van der Waals surface area (Å²) in [5.41, 5.74) is 6.69. The van der Waals surface area contributed by atoms with Crippen LogP contribution < -0.4 is 10.5 Å². The van der Waals surface area contributed by atoms with Gasteiger partial charge in [0.1, 0.15) is 5.75 Å². The number of carbonyl (C=O) groups excluding carboxylic acids is 1. The fourth-order valence-corrected chi connectivity index (χ4v) is 2.44. The summed E-state index contributed by atoms with van der Waals surface area (Å²) in [5.74, 6) is 0.491. The first-order valence-electron chi connectivity index (χ1n) is 5.36. The molecule has 2 aliphatic rings. The third-order valence-corrected chi connectivity index (χ3v) is 3.27. The zero-order valence-electron chi connectivity index (χ0n) is 9.40. The Bertz CT molecular complexity index is 539. The molecule has 0 saturated carbocycles. The van der Waals surface area contributed by atoms with Gasteiger partial charge in [-0.15, -0.1) is 0 Å². The molecule has 0 saturated heterocycles. The summed E-state index contributed by atoms with van der Waals surface area (Å²) in [7, 11) is 1.62. The second kappa shape index (κ2) is 3.23. The van der Waals surface area contributed by atoms with Gasteiger partial charge in [-0.2, -0.15) is 4.99 Å².